The van der Waals surface area contributed by atoms with E-state index in [0.717, 1.165) is 16.2 Å². The average molecular weight is 451 g/mol. The third-order valence-electron chi connectivity index (χ3n) is 4.40. The van der Waals surface area contributed by atoms with Crippen molar-refractivity contribution in [3.8, 4) is 11.5 Å². The second-order valence-electron chi connectivity index (χ2n) is 7.25. The fourth-order valence-corrected chi connectivity index (χ4v) is 3.55. The van der Waals surface area contributed by atoms with E-state index in [4.69, 9.17) is 9.47 Å². The van der Waals surface area contributed by atoms with Gasteiger partial charge < -0.3 is 20.1 Å². The molecule has 0 aliphatic carbocycles. The van der Waals surface area contributed by atoms with Crippen molar-refractivity contribution in [2.75, 3.05) is 7.11 Å². The van der Waals surface area contributed by atoms with Crippen LogP contribution in [0.15, 0.2) is 71.7 Å². The summed E-state index contributed by atoms with van der Waals surface area (Å²) in [7, 11) is 1.56. The molecule has 7 heteroatoms. The number of ether oxygens (including phenoxy) is 2. The minimum Gasteiger partial charge on any atom is -0.497 e. The largest absolute Gasteiger partial charge is 0.497 e. The number of hydrogen-bond donors (Lipinski definition) is 2. The third kappa shape index (κ3) is 6.72. The number of amides is 2. The highest BCUT2D eigenvalue weighted by molar-refractivity contribution is 7.10. The molecular weight excluding hydrogens is 424 g/mol. The van der Waals surface area contributed by atoms with E-state index in [1.807, 2.05) is 55.6 Å². The van der Waals surface area contributed by atoms with Gasteiger partial charge in [0.25, 0.3) is 11.8 Å². The first kappa shape index (κ1) is 23.1. The Bertz CT molecular complexity index is 1070. The molecule has 0 atom stereocenters. The zero-order valence-electron chi connectivity index (χ0n) is 18.3. The zero-order valence-corrected chi connectivity index (χ0v) is 19.1. The Labute approximate surface area is 191 Å². The maximum atomic E-state index is 12.9. The van der Waals surface area contributed by atoms with Crippen molar-refractivity contribution >= 4 is 29.2 Å². The van der Waals surface area contributed by atoms with Crippen LogP contribution in [0.3, 0.4) is 0 Å². The van der Waals surface area contributed by atoms with Crippen LogP contribution in [0, 0.1) is 0 Å². The number of hydrogen-bond acceptors (Lipinski definition) is 5. The van der Waals surface area contributed by atoms with Crippen LogP contribution in [-0.2, 0) is 11.3 Å². The van der Waals surface area contributed by atoms with Gasteiger partial charge in [-0.15, -0.1) is 11.3 Å². The van der Waals surface area contributed by atoms with Gasteiger partial charge in [0.05, 0.1) is 13.2 Å². The molecule has 6 nitrogen and oxygen atoms in total. The Morgan fingerprint density at radius 3 is 2.47 bits per heavy atom. The van der Waals surface area contributed by atoms with Crippen LogP contribution in [-0.4, -0.2) is 25.0 Å². The molecule has 3 rings (SSSR count). The molecule has 2 aromatic carbocycles. The van der Waals surface area contributed by atoms with Crippen LogP contribution in [0.25, 0.3) is 6.08 Å². The lowest BCUT2D eigenvalue weighted by molar-refractivity contribution is -0.117. The van der Waals surface area contributed by atoms with E-state index in [2.05, 4.69) is 10.6 Å². The summed E-state index contributed by atoms with van der Waals surface area (Å²) in [5.74, 6) is 0.639. The first-order chi connectivity index (χ1) is 15.4. The summed E-state index contributed by atoms with van der Waals surface area (Å²) in [5, 5.41) is 7.52. The predicted octanol–water partition coefficient (Wildman–Crippen LogP) is 4.63. The summed E-state index contributed by atoms with van der Waals surface area (Å²) in [5.41, 5.74) is 1.49. The summed E-state index contributed by atoms with van der Waals surface area (Å²) in [4.78, 5) is 26.5. The minimum atomic E-state index is -0.379. The van der Waals surface area contributed by atoms with Gasteiger partial charge in [0, 0.05) is 17.0 Å². The van der Waals surface area contributed by atoms with Crippen LogP contribution in [0.2, 0.25) is 0 Å². The van der Waals surface area contributed by atoms with E-state index >= 15 is 0 Å². The van der Waals surface area contributed by atoms with E-state index in [1.54, 1.807) is 37.5 Å². The summed E-state index contributed by atoms with van der Waals surface area (Å²) < 4.78 is 10.8. The molecule has 3 aromatic rings. The number of thiophene rings is 1. The maximum absolute atomic E-state index is 12.9. The highest BCUT2D eigenvalue weighted by atomic mass is 32.1. The Hall–Kier alpha value is -3.58. The molecule has 0 bridgehead atoms. The van der Waals surface area contributed by atoms with E-state index in [1.165, 1.54) is 11.3 Å². The lowest BCUT2D eigenvalue weighted by atomic mass is 10.2. The smallest absolute Gasteiger partial charge is 0.268 e. The number of carbonyl (C=O) groups excluding carboxylic acids is 2. The topological polar surface area (TPSA) is 76.7 Å². The van der Waals surface area contributed by atoms with Crippen molar-refractivity contribution in [3.05, 3.63) is 87.7 Å². The van der Waals surface area contributed by atoms with Crippen molar-refractivity contribution < 1.29 is 19.1 Å². The van der Waals surface area contributed by atoms with E-state index in [9.17, 15) is 9.59 Å². The molecule has 0 aliphatic rings. The molecule has 1 aromatic heterocycles. The van der Waals surface area contributed by atoms with Gasteiger partial charge >= 0.3 is 0 Å². The van der Waals surface area contributed by atoms with Gasteiger partial charge in [-0.1, -0.05) is 18.2 Å². The highest BCUT2D eigenvalue weighted by Crippen LogP contribution is 2.16. The molecule has 0 fully saturated rings. The molecule has 0 saturated carbocycles. The number of nitrogens with one attached hydrogen (secondary N) is 2. The Morgan fingerprint density at radius 2 is 1.81 bits per heavy atom. The number of carbonyl (C=O) groups is 2. The molecule has 2 amide bonds. The van der Waals surface area contributed by atoms with Crippen LogP contribution in [0.1, 0.15) is 34.6 Å². The van der Waals surface area contributed by atoms with Crippen LogP contribution < -0.4 is 20.1 Å². The molecule has 0 unspecified atom stereocenters. The van der Waals surface area contributed by atoms with E-state index in [0.29, 0.717) is 17.9 Å². The summed E-state index contributed by atoms with van der Waals surface area (Å²) in [6.07, 6.45) is 1.73. The average Bonchev–Trinajstić information content (AvgIpc) is 3.30. The second kappa shape index (κ2) is 11.2. The molecule has 0 radical (unpaired) electrons. The lowest BCUT2D eigenvalue weighted by Crippen LogP contribution is -2.34. The fourth-order valence-electron chi connectivity index (χ4n) is 2.89. The van der Waals surface area contributed by atoms with E-state index < -0.39 is 0 Å². The standard InChI is InChI=1S/C25H26N2O4S/c1-17(2)31-21-7-4-6-18(14-21)16-26-25(29)23(15-22-8-5-13-32-22)27-24(28)19-9-11-20(30-3)12-10-19/h4-15,17H,16H2,1-3H3,(H,26,29)(H,27,28)/b23-15-. The van der Waals surface area contributed by atoms with Gasteiger partial charge in [-0.2, -0.15) is 0 Å². The minimum absolute atomic E-state index is 0.0633. The van der Waals surface area contributed by atoms with Gasteiger partial charge in [0.2, 0.25) is 0 Å². The van der Waals surface area contributed by atoms with Gasteiger partial charge in [-0.05, 0) is 73.3 Å². The van der Waals surface area contributed by atoms with Crippen LogP contribution in [0.4, 0.5) is 0 Å². The van der Waals surface area contributed by atoms with Crippen LogP contribution >= 0.6 is 11.3 Å². The molecular formula is C25H26N2O4S. The van der Waals surface area contributed by atoms with Gasteiger partial charge in [0.15, 0.2) is 0 Å². The Balaban J connectivity index is 1.72. The van der Waals surface area contributed by atoms with Gasteiger partial charge in [-0.3, -0.25) is 9.59 Å². The normalized spacial score (nSPS) is 11.2. The summed E-state index contributed by atoms with van der Waals surface area (Å²) >= 11 is 1.48. The number of benzene rings is 2. The molecule has 0 aliphatic heterocycles. The molecule has 166 valence electrons. The van der Waals surface area contributed by atoms with E-state index in [-0.39, 0.29) is 23.6 Å². The maximum Gasteiger partial charge on any atom is 0.268 e. The molecule has 2 N–H and O–H groups in total. The van der Waals surface area contributed by atoms with Crippen molar-refractivity contribution in [3.63, 3.8) is 0 Å². The monoisotopic (exact) mass is 450 g/mol. The van der Waals surface area contributed by atoms with Crippen molar-refractivity contribution in [1.29, 1.82) is 0 Å². The molecule has 0 spiro atoms. The third-order valence-corrected chi connectivity index (χ3v) is 5.22. The summed E-state index contributed by atoms with van der Waals surface area (Å²) in [6.45, 7) is 4.22. The van der Waals surface area contributed by atoms with Crippen molar-refractivity contribution in [2.45, 2.75) is 26.5 Å². The zero-order chi connectivity index (χ0) is 22.9. The molecule has 1 heterocycles. The van der Waals surface area contributed by atoms with Crippen LogP contribution in [0.5, 0.6) is 11.5 Å². The lowest BCUT2D eigenvalue weighted by Gasteiger charge is -2.13. The van der Waals surface area contributed by atoms with Crippen molar-refractivity contribution in [1.82, 2.24) is 10.6 Å². The quantitative estimate of drug-likeness (QED) is 0.466. The van der Waals surface area contributed by atoms with Gasteiger partial charge in [-0.25, -0.2) is 0 Å². The molecule has 32 heavy (non-hydrogen) atoms. The Morgan fingerprint density at radius 1 is 1.03 bits per heavy atom. The predicted molar refractivity (Wildman–Crippen MR) is 127 cm³/mol. The first-order valence-electron chi connectivity index (χ1n) is 10.2. The van der Waals surface area contributed by atoms with Gasteiger partial charge in [0.1, 0.15) is 17.2 Å². The molecule has 0 saturated heterocycles. The number of rotatable bonds is 9. The highest BCUT2D eigenvalue weighted by Gasteiger charge is 2.15. The fraction of sp³-hybridized carbons (Fsp3) is 0.200. The Kier molecular flexibility index (Phi) is 8.05. The second-order valence-corrected chi connectivity index (χ2v) is 8.23. The number of methoxy groups -OCH3 is 1. The van der Waals surface area contributed by atoms with Crippen molar-refractivity contribution in [2.24, 2.45) is 0 Å². The SMILES string of the molecule is COc1ccc(C(=O)N/C(=C\c2cccs2)C(=O)NCc2cccc(OC(C)C)c2)cc1. The summed E-state index contributed by atoms with van der Waals surface area (Å²) in [6, 6.07) is 18.0. The first-order valence-corrected chi connectivity index (χ1v) is 11.1.